The first-order chi connectivity index (χ1) is 11.9. The Morgan fingerprint density at radius 2 is 2.04 bits per heavy atom. The zero-order chi connectivity index (χ0) is 16.2. The van der Waals surface area contributed by atoms with E-state index in [9.17, 15) is 0 Å². The van der Waals surface area contributed by atoms with Crippen LogP contribution in [0.3, 0.4) is 0 Å². The van der Waals surface area contributed by atoms with Gasteiger partial charge in [0.1, 0.15) is 5.76 Å². The zero-order valence-corrected chi connectivity index (χ0v) is 14.5. The lowest BCUT2D eigenvalue weighted by Crippen LogP contribution is -2.42. The van der Waals surface area contributed by atoms with Gasteiger partial charge in [0.15, 0.2) is 5.96 Å². The van der Waals surface area contributed by atoms with E-state index in [1.807, 2.05) is 12.1 Å². The predicted molar refractivity (Wildman–Crippen MR) is 94.1 cm³/mol. The van der Waals surface area contributed by atoms with Gasteiger partial charge in [-0.2, -0.15) is 0 Å². The van der Waals surface area contributed by atoms with E-state index >= 15 is 0 Å². The molecule has 1 N–H and O–H groups in total. The number of ether oxygens (including phenoxy) is 1. The molecule has 1 saturated carbocycles. The second-order valence-corrected chi connectivity index (χ2v) is 7.40. The summed E-state index contributed by atoms with van der Waals surface area (Å²) in [6.45, 7) is 4.99. The lowest BCUT2D eigenvalue weighted by Gasteiger charge is -2.28. The van der Waals surface area contributed by atoms with Crippen molar-refractivity contribution in [1.29, 1.82) is 0 Å². The lowest BCUT2D eigenvalue weighted by molar-refractivity contribution is 0.0488. The highest BCUT2D eigenvalue weighted by molar-refractivity contribution is 5.81. The molecule has 0 aromatic carbocycles. The molecule has 3 heterocycles. The van der Waals surface area contributed by atoms with Crippen LogP contribution in [0.25, 0.3) is 0 Å². The molecule has 4 rings (SSSR count). The van der Waals surface area contributed by atoms with Crippen molar-refractivity contribution in [2.24, 2.45) is 16.8 Å². The van der Waals surface area contributed by atoms with Crippen molar-refractivity contribution in [3.05, 3.63) is 24.2 Å². The summed E-state index contributed by atoms with van der Waals surface area (Å²) in [5, 5.41) is 3.66. The monoisotopic (exact) mass is 331 g/mol. The van der Waals surface area contributed by atoms with Gasteiger partial charge in [-0.15, -0.1) is 0 Å². The van der Waals surface area contributed by atoms with Gasteiger partial charge in [0.25, 0.3) is 0 Å². The Hall–Kier alpha value is -1.49. The van der Waals surface area contributed by atoms with E-state index in [0.717, 1.165) is 62.8 Å². The molecule has 1 atom stereocenters. The molecule has 132 valence electrons. The standard InChI is InChI=1S/C19H29N3O2/c1-2-18(24-11-1)5-9-20-19(21-17-3-4-17)22-10-6-16(14-22)15-7-12-23-13-8-15/h1-2,11,15-17H,3-10,12-14H2,(H,20,21). The molecule has 0 spiro atoms. The molecular formula is C19H29N3O2. The maximum Gasteiger partial charge on any atom is 0.194 e. The Kier molecular flexibility index (Phi) is 5.07. The van der Waals surface area contributed by atoms with Crippen molar-refractivity contribution in [2.75, 3.05) is 32.8 Å². The fourth-order valence-electron chi connectivity index (χ4n) is 3.93. The Labute approximate surface area is 144 Å². The number of rotatable bonds is 5. The Bertz CT molecular complexity index is 533. The fraction of sp³-hybridized carbons (Fsp3) is 0.737. The third kappa shape index (κ3) is 4.12. The van der Waals surface area contributed by atoms with Gasteiger partial charge in [-0.25, -0.2) is 0 Å². The summed E-state index contributed by atoms with van der Waals surface area (Å²) in [5.74, 6) is 3.80. The Morgan fingerprint density at radius 1 is 1.17 bits per heavy atom. The molecule has 2 saturated heterocycles. The van der Waals surface area contributed by atoms with Gasteiger partial charge < -0.3 is 19.4 Å². The van der Waals surface area contributed by atoms with Crippen LogP contribution < -0.4 is 5.32 Å². The molecule has 0 radical (unpaired) electrons. The van der Waals surface area contributed by atoms with Crippen LogP contribution in [0.5, 0.6) is 0 Å². The van der Waals surface area contributed by atoms with Gasteiger partial charge in [-0.1, -0.05) is 0 Å². The number of furan rings is 1. The van der Waals surface area contributed by atoms with Gasteiger partial charge in [0, 0.05) is 45.3 Å². The van der Waals surface area contributed by atoms with Crippen LogP contribution >= 0.6 is 0 Å². The van der Waals surface area contributed by atoms with Crippen LogP contribution in [0.4, 0.5) is 0 Å². The maximum atomic E-state index is 5.52. The van der Waals surface area contributed by atoms with Crippen molar-refractivity contribution in [1.82, 2.24) is 10.2 Å². The summed E-state index contributed by atoms with van der Waals surface area (Å²) in [4.78, 5) is 7.37. The molecule has 1 aromatic rings. The largest absolute Gasteiger partial charge is 0.469 e. The molecule has 1 aliphatic carbocycles. The Balaban J connectivity index is 1.34. The van der Waals surface area contributed by atoms with Crippen molar-refractivity contribution in [3.8, 4) is 0 Å². The molecule has 0 bridgehead atoms. The fourth-order valence-corrected chi connectivity index (χ4v) is 3.93. The van der Waals surface area contributed by atoms with E-state index in [1.165, 1.54) is 32.1 Å². The third-order valence-electron chi connectivity index (χ3n) is 5.57. The summed E-state index contributed by atoms with van der Waals surface area (Å²) < 4.78 is 10.9. The van der Waals surface area contributed by atoms with Gasteiger partial charge in [-0.05, 0) is 56.1 Å². The molecule has 2 aliphatic heterocycles. The number of guanidine groups is 1. The quantitative estimate of drug-likeness (QED) is 0.666. The van der Waals surface area contributed by atoms with Crippen LogP contribution in [-0.4, -0.2) is 49.7 Å². The van der Waals surface area contributed by atoms with E-state index in [1.54, 1.807) is 6.26 Å². The van der Waals surface area contributed by atoms with Gasteiger partial charge in [0.2, 0.25) is 0 Å². The molecule has 1 unspecified atom stereocenters. The minimum absolute atomic E-state index is 0.648. The van der Waals surface area contributed by atoms with E-state index in [0.29, 0.717) is 6.04 Å². The molecule has 5 heteroatoms. The van der Waals surface area contributed by atoms with Crippen LogP contribution in [0.15, 0.2) is 27.8 Å². The van der Waals surface area contributed by atoms with Crippen LogP contribution in [-0.2, 0) is 11.2 Å². The summed E-state index contributed by atoms with van der Waals surface area (Å²) in [6, 6.07) is 4.62. The van der Waals surface area contributed by atoms with Crippen molar-refractivity contribution in [3.63, 3.8) is 0 Å². The zero-order valence-electron chi connectivity index (χ0n) is 14.5. The molecule has 3 fully saturated rings. The maximum absolute atomic E-state index is 5.52. The summed E-state index contributed by atoms with van der Waals surface area (Å²) in [7, 11) is 0. The van der Waals surface area contributed by atoms with Gasteiger partial charge in [-0.3, -0.25) is 4.99 Å². The van der Waals surface area contributed by atoms with Gasteiger partial charge in [0.05, 0.1) is 6.26 Å². The second kappa shape index (κ2) is 7.60. The normalized spacial score (nSPS) is 26.1. The highest BCUT2D eigenvalue weighted by Crippen LogP contribution is 2.31. The molecule has 0 amide bonds. The summed E-state index contributed by atoms with van der Waals surface area (Å²) in [6.07, 6.45) is 8.96. The SMILES string of the molecule is c1coc(CCN=C(NC2CC2)N2CCC(C3CCOCC3)C2)c1. The average Bonchev–Trinajstić information content (AvgIpc) is 3.10. The molecular weight excluding hydrogens is 302 g/mol. The highest BCUT2D eigenvalue weighted by Gasteiger charge is 2.33. The Morgan fingerprint density at radius 3 is 2.79 bits per heavy atom. The lowest BCUT2D eigenvalue weighted by atomic mass is 9.85. The van der Waals surface area contributed by atoms with E-state index in [-0.39, 0.29) is 0 Å². The first-order valence-electron chi connectivity index (χ1n) is 9.54. The van der Waals surface area contributed by atoms with E-state index in [2.05, 4.69) is 10.2 Å². The molecule has 24 heavy (non-hydrogen) atoms. The van der Waals surface area contributed by atoms with E-state index < -0.39 is 0 Å². The third-order valence-corrected chi connectivity index (χ3v) is 5.57. The molecule has 5 nitrogen and oxygen atoms in total. The second-order valence-electron chi connectivity index (χ2n) is 7.40. The predicted octanol–water partition coefficient (Wildman–Crippen LogP) is 2.68. The summed E-state index contributed by atoms with van der Waals surface area (Å²) >= 11 is 0. The first kappa shape index (κ1) is 16.0. The number of aliphatic imine (C=N–C) groups is 1. The van der Waals surface area contributed by atoms with Crippen molar-refractivity contribution >= 4 is 5.96 Å². The number of hydrogen-bond donors (Lipinski definition) is 1. The molecule has 1 aromatic heterocycles. The van der Waals surface area contributed by atoms with Gasteiger partial charge >= 0.3 is 0 Å². The number of nitrogens with zero attached hydrogens (tertiary/aromatic N) is 2. The minimum Gasteiger partial charge on any atom is -0.469 e. The van der Waals surface area contributed by atoms with Crippen LogP contribution in [0.1, 0.15) is 37.9 Å². The van der Waals surface area contributed by atoms with E-state index in [4.69, 9.17) is 14.1 Å². The summed E-state index contributed by atoms with van der Waals surface area (Å²) in [5.41, 5.74) is 0. The number of likely N-dealkylation sites (tertiary alicyclic amines) is 1. The van der Waals surface area contributed by atoms with Crippen LogP contribution in [0.2, 0.25) is 0 Å². The van der Waals surface area contributed by atoms with Crippen molar-refractivity contribution < 1.29 is 9.15 Å². The number of nitrogens with one attached hydrogen (secondary N) is 1. The topological polar surface area (TPSA) is 50.0 Å². The molecule has 3 aliphatic rings. The van der Waals surface area contributed by atoms with Crippen molar-refractivity contribution in [2.45, 2.75) is 44.6 Å². The minimum atomic E-state index is 0.648. The average molecular weight is 331 g/mol. The number of hydrogen-bond acceptors (Lipinski definition) is 3. The highest BCUT2D eigenvalue weighted by atomic mass is 16.5. The smallest absolute Gasteiger partial charge is 0.194 e. The first-order valence-corrected chi connectivity index (χ1v) is 9.54. The van der Waals surface area contributed by atoms with Crippen LogP contribution in [0, 0.1) is 11.8 Å².